The lowest BCUT2D eigenvalue weighted by Crippen LogP contribution is -1.89. The minimum Gasteiger partial charge on any atom is -0.147 e. The Bertz CT molecular complexity index is 79.7. The molecular formula is C12H28Cl2Si. The van der Waals surface area contributed by atoms with E-state index in [1.807, 2.05) is 0 Å². The smallest absolute Gasteiger partial charge is 0.0378 e. The summed E-state index contributed by atoms with van der Waals surface area (Å²) in [5, 5.41) is 0. The summed E-state index contributed by atoms with van der Waals surface area (Å²) in [7, 11) is 1.25. The molecule has 0 saturated carbocycles. The molecule has 0 aliphatic heterocycles. The summed E-state index contributed by atoms with van der Waals surface area (Å²) in [6, 6.07) is 3.01. The third kappa shape index (κ3) is 20.8. The molecule has 0 nitrogen and oxygen atoms in total. The summed E-state index contributed by atoms with van der Waals surface area (Å²) in [6.07, 6.45) is 11.6. The maximum atomic E-state index is 2.28. The number of hydrogen-bond donors (Lipinski definition) is 0. The molecule has 0 spiro atoms. The van der Waals surface area contributed by atoms with Gasteiger partial charge in [-0.05, 0) is 0 Å². The van der Waals surface area contributed by atoms with Crippen LogP contribution in [0, 0.1) is 0 Å². The molecule has 0 amide bonds. The third-order valence-electron chi connectivity index (χ3n) is 2.41. The SMILES string of the molecule is CCCCCC[Si]CCCCCC.Cl.Cl. The van der Waals surface area contributed by atoms with Crippen LogP contribution in [0.5, 0.6) is 0 Å². The van der Waals surface area contributed by atoms with Crippen LogP contribution in [-0.4, -0.2) is 9.52 Å². The van der Waals surface area contributed by atoms with Crippen molar-refractivity contribution >= 4 is 34.3 Å². The minimum absolute atomic E-state index is 0. The molecule has 2 radical (unpaired) electrons. The summed E-state index contributed by atoms with van der Waals surface area (Å²) in [5.74, 6) is 0. The van der Waals surface area contributed by atoms with Crippen molar-refractivity contribution in [3.63, 3.8) is 0 Å². The Morgan fingerprint density at radius 1 is 0.600 bits per heavy atom. The molecule has 0 rings (SSSR count). The van der Waals surface area contributed by atoms with Crippen LogP contribution in [0.4, 0.5) is 0 Å². The van der Waals surface area contributed by atoms with Crippen molar-refractivity contribution in [1.29, 1.82) is 0 Å². The molecule has 0 fully saturated rings. The van der Waals surface area contributed by atoms with E-state index in [0.29, 0.717) is 0 Å². The van der Waals surface area contributed by atoms with Crippen molar-refractivity contribution in [2.24, 2.45) is 0 Å². The molecular weight excluding hydrogens is 243 g/mol. The predicted octanol–water partition coefficient (Wildman–Crippen LogP) is 5.53. The van der Waals surface area contributed by atoms with E-state index in [1.165, 1.54) is 73.0 Å². The Labute approximate surface area is 112 Å². The van der Waals surface area contributed by atoms with Gasteiger partial charge in [0.1, 0.15) is 0 Å². The molecule has 0 saturated heterocycles. The normalized spacial score (nSPS) is 9.20. The van der Waals surface area contributed by atoms with E-state index in [2.05, 4.69) is 13.8 Å². The highest BCUT2D eigenvalue weighted by atomic mass is 35.5. The molecule has 0 aliphatic carbocycles. The zero-order valence-electron chi connectivity index (χ0n) is 10.4. The van der Waals surface area contributed by atoms with Gasteiger partial charge in [-0.15, -0.1) is 24.8 Å². The fourth-order valence-electron chi connectivity index (χ4n) is 1.48. The summed E-state index contributed by atoms with van der Waals surface area (Å²) in [4.78, 5) is 0. The summed E-state index contributed by atoms with van der Waals surface area (Å²) >= 11 is 0. The van der Waals surface area contributed by atoms with Crippen LogP contribution >= 0.6 is 24.8 Å². The predicted molar refractivity (Wildman–Crippen MR) is 78.1 cm³/mol. The highest BCUT2D eigenvalue weighted by Gasteiger charge is 1.92. The van der Waals surface area contributed by atoms with E-state index in [-0.39, 0.29) is 24.8 Å². The first-order valence-electron chi connectivity index (χ1n) is 6.12. The quantitative estimate of drug-likeness (QED) is 0.362. The number of rotatable bonds is 10. The molecule has 0 aromatic rings. The van der Waals surface area contributed by atoms with Crippen LogP contribution in [-0.2, 0) is 0 Å². The molecule has 3 heteroatoms. The molecule has 0 atom stereocenters. The molecule has 94 valence electrons. The van der Waals surface area contributed by atoms with E-state index in [4.69, 9.17) is 0 Å². The zero-order chi connectivity index (χ0) is 9.78. The van der Waals surface area contributed by atoms with Gasteiger partial charge in [0.15, 0.2) is 0 Å². The van der Waals surface area contributed by atoms with Gasteiger partial charge in [0, 0.05) is 9.52 Å². The van der Waals surface area contributed by atoms with Crippen molar-refractivity contribution in [3.8, 4) is 0 Å². The van der Waals surface area contributed by atoms with Crippen LogP contribution in [0.2, 0.25) is 12.1 Å². The molecule has 0 aromatic heterocycles. The minimum atomic E-state index is 0. The Morgan fingerprint density at radius 3 is 1.33 bits per heavy atom. The van der Waals surface area contributed by atoms with Gasteiger partial charge in [-0.25, -0.2) is 0 Å². The second-order valence-electron chi connectivity index (χ2n) is 3.87. The van der Waals surface area contributed by atoms with Crippen molar-refractivity contribution in [2.45, 2.75) is 77.3 Å². The van der Waals surface area contributed by atoms with Gasteiger partial charge in [0.2, 0.25) is 0 Å². The van der Waals surface area contributed by atoms with Gasteiger partial charge >= 0.3 is 0 Å². The maximum absolute atomic E-state index is 2.28. The Hall–Kier alpha value is 0.797. The van der Waals surface area contributed by atoms with E-state index in [1.54, 1.807) is 0 Å². The van der Waals surface area contributed by atoms with Gasteiger partial charge in [0.25, 0.3) is 0 Å². The fourth-order valence-corrected chi connectivity index (χ4v) is 2.73. The van der Waals surface area contributed by atoms with Crippen molar-refractivity contribution in [1.82, 2.24) is 0 Å². The monoisotopic (exact) mass is 270 g/mol. The number of halogens is 2. The van der Waals surface area contributed by atoms with Crippen LogP contribution in [0.15, 0.2) is 0 Å². The second kappa shape index (κ2) is 20.2. The van der Waals surface area contributed by atoms with Gasteiger partial charge in [-0.2, -0.15) is 0 Å². The average molecular weight is 271 g/mol. The third-order valence-corrected chi connectivity index (χ3v) is 3.83. The van der Waals surface area contributed by atoms with Gasteiger partial charge in [-0.1, -0.05) is 77.3 Å². The molecule has 0 heterocycles. The maximum Gasteiger partial charge on any atom is 0.0378 e. The van der Waals surface area contributed by atoms with Crippen LogP contribution in [0.25, 0.3) is 0 Å². The number of hydrogen-bond acceptors (Lipinski definition) is 0. The topological polar surface area (TPSA) is 0 Å². The molecule has 0 aliphatic rings. The molecule has 0 unspecified atom stereocenters. The van der Waals surface area contributed by atoms with Crippen LogP contribution in [0.3, 0.4) is 0 Å². The highest BCUT2D eigenvalue weighted by molar-refractivity contribution is 6.35. The zero-order valence-corrected chi connectivity index (χ0v) is 13.0. The van der Waals surface area contributed by atoms with Gasteiger partial charge < -0.3 is 0 Å². The Kier molecular flexibility index (Phi) is 28.5. The first kappa shape index (κ1) is 21.1. The first-order chi connectivity index (χ1) is 6.41. The lowest BCUT2D eigenvalue weighted by atomic mass is 10.2. The molecule has 0 aromatic carbocycles. The molecule has 0 bridgehead atoms. The van der Waals surface area contributed by atoms with Crippen molar-refractivity contribution < 1.29 is 0 Å². The summed E-state index contributed by atoms with van der Waals surface area (Å²) in [5.41, 5.74) is 0. The van der Waals surface area contributed by atoms with E-state index in [0.717, 1.165) is 0 Å². The standard InChI is InChI=1S/C12H26Si.2ClH/c1-3-5-7-9-11-13-12-10-8-6-4-2;;/h3-12H2,1-2H3;2*1H. The van der Waals surface area contributed by atoms with E-state index in [9.17, 15) is 0 Å². The highest BCUT2D eigenvalue weighted by Crippen LogP contribution is 2.06. The number of unbranched alkanes of at least 4 members (excludes halogenated alkanes) is 6. The summed E-state index contributed by atoms with van der Waals surface area (Å²) in [6.45, 7) is 4.57. The van der Waals surface area contributed by atoms with E-state index < -0.39 is 0 Å². The molecule has 15 heavy (non-hydrogen) atoms. The summed E-state index contributed by atoms with van der Waals surface area (Å²) < 4.78 is 0. The lowest BCUT2D eigenvalue weighted by Gasteiger charge is -1.99. The Morgan fingerprint density at radius 2 is 1.00 bits per heavy atom. The first-order valence-corrected chi connectivity index (χ1v) is 7.54. The van der Waals surface area contributed by atoms with Crippen molar-refractivity contribution in [3.05, 3.63) is 0 Å². The van der Waals surface area contributed by atoms with Gasteiger partial charge in [0.05, 0.1) is 0 Å². The lowest BCUT2D eigenvalue weighted by molar-refractivity contribution is 0.689. The second-order valence-corrected chi connectivity index (χ2v) is 5.37. The fraction of sp³-hybridized carbons (Fsp3) is 1.00. The van der Waals surface area contributed by atoms with Gasteiger partial charge in [-0.3, -0.25) is 0 Å². The van der Waals surface area contributed by atoms with E-state index >= 15 is 0 Å². The Balaban J connectivity index is -0.000000720. The largest absolute Gasteiger partial charge is 0.147 e. The molecule has 0 N–H and O–H groups in total. The van der Waals surface area contributed by atoms with Crippen molar-refractivity contribution in [2.75, 3.05) is 0 Å². The average Bonchev–Trinajstić information content (AvgIpc) is 2.16. The van der Waals surface area contributed by atoms with Crippen LogP contribution < -0.4 is 0 Å². The van der Waals surface area contributed by atoms with Crippen LogP contribution in [0.1, 0.15) is 65.2 Å².